The third-order valence-electron chi connectivity index (χ3n) is 3.06. The molecule has 1 saturated heterocycles. The molecular formula is C13H19N3OS. The Kier molecular flexibility index (Phi) is 4.75. The largest absolute Gasteiger partial charge is 0.399 e. The van der Waals surface area contributed by atoms with Crippen molar-refractivity contribution in [3.05, 3.63) is 24.3 Å². The van der Waals surface area contributed by atoms with E-state index in [1.165, 1.54) is 24.3 Å². The van der Waals surface area contributed by atoms with Gasteiger partial charge in [-0.1, -0.05) is 0 Å². The van der Waals surface area contributed by atoms with Crippen molar-refractivity contribution in [2.24, 2.45) is 5.92 Å². The number of hydrogen-bond donors (Lipinski definition) is 3. The number of hydrogen-bond acceptors (Lipinski definition) is 3. The third kappa shape index (κ3) is 4.14. The van der Waals surface area contributed by atoms with Crippen molar-refractivity contribution in [3.8, 4) is 0 Å². The molecule has 4 N–H and O–H groups in total. The molecule has 1 aliphatic heterocycles. The standard InChI is InChI=1S/C13H19N3OS/c14-11-1-3-12(4-2-11)16-13(17)15-9-10-5-7-18-8-6-10/h1-4,10H,5-9,14H2,(H2,15,16,17). The first kappa shape index (κ1) is 13.1. The number of benzene rings is 1. The number of nitrogens with two attached hydrogens (primary N) is 1. The molecule has 2 amide bonds. The van der Waals surface area contributed by atoms with Gasteiger partial charge in [0.2, 0.25) is 0 Å². The van der Waals surface area contributed by atoms with E-state index >= 15 is 0 Å². The van der Waals surface area contributed by atoms with Crippen LogP contribution in [0.2, 0.25) is 0 Å². The molecule has 0 atom stereocenters. The summed E-state index contributed by atoms with van der Waals surface area (Å²) in [5.41, 5.74) is 7.04. The van der Waals surface area contributed by atoms with Crippen LogP contribution < -0.4 is 16.4 Å². The molecule has 1 aromatic rings. The smallest absolute Gasteiger partial charge is 0.319 e. The molecule has 0 bridgehead atoms. The number of urea groups is 1. The Labute approximate surface area is 112 Å². The van der Waals surface area contributed by atoms with Crippen LogP contribution in [0.25, 0.3) is 0 Å². The van der Waals surface area contributed by atoms with Crippen molar-refractivity contribution in [1.29, 1.82) is 0 Å². The van der Waals surface area contributed by atoms with Crippen LogP contribution >= 0.6 is 11.8 Å². The number of carbonyl (C=O) groups is 1. The zero-order chi connectivity index (χ0) is 12.8. The Morgan fingerprint density at radius 1 is 1.28 bits per heavy atom. The van der Waals surface area contributed by atoms with Crippen LogP contribution in [-0.4, -0.2) is 24.1 Å². The zero-order valence-electron chi connectivity index (χ0n) is 10.3. The predicted octanol–water partition coefficient (Wildman–Crippen LogP) is 2.53. The Bertz CT molecular complexity index is 388. The molecule has 18 heavy (non-hydrogen) atoms. The molecule has 0 saturated carbocycles. The Morgan fingerprint density at radius 2 is 1.94 bits per heavy atom. The number of amides is 2. The fourth-order valence-electron chi connectivity index (χ4n) is 1.93. The van der Waals surface area contributed by atoms with Gasteiger partial charge in [-0.05, 0) is 54.5 Å². The highest BCUT2D eigenvalue weighted by Gasteiger charge is 2.14. The van der Waals surface area contributed by atoms with E-state index in [4.69, 9.17) is 5.73 Å². The number of nitrogens with one attached hydrogen (secondary N) is 2. The Hall–Kier alpha value is -1.36. The van der Waals surface area contributed by atoms with Crippen LogP contribution in [0.5, 0.6) is 0 Å². The maximum Gasteiger partial charge on any atom is 0.319 e. The molecule has 0 aliphatic carbocycles. The first-order chi connectivity index (χ1) is 8.74. The molecule has 1 heterocycles. The van der Waals surface area contributed by atoms with Gasteiger partial charge in [-0.2, -0.15) is 11.8 Å². The Morgan fingerprint density at radius 3 is 2.61 bits per heavy atom. The van der Waals surface area contributed by atoms with E-state index in [-0.39, 0.29) is 6.03 Å². The summed E-state index contributed by atoms with van der Waals surface area (Å²) in [4.78, 5) is 11.7. The van der Waals surface area contributed by atoms with Crippen LogP contribution in [0.3, 0.4) is 0 Å². The summed E-state index contributed by atoms with van der Waals surface area (Å²) in [7, 11) is 0. The lowest BCUT2D eigenvalue weighted by atomic mass is 10.0. The number of rotatable bonds is 3. The normalized spacial score (nSPS) is 16.2. The van der Waals surface area contributed by atoms with Crippen LogP contribution in [-0.2, 0) is 0 Å². The minimum Gasteiger partial charge on any atom is -0.399 e. The molecule has 0 unspecified atom stereocenters. The summed E-state index contributed by atoms with van der Waals surface area (Å²) in [5.74, 6) is 3.06. The zero-order valence-corrected chi connectivity index (χ0v) is 11.1. The van der Waals surface area contributed by atoms with Crippen molar-refractivity contribution in [1.82, 2.24) is 5.32 Å². The first-order valence-corrected chi connectivity index (χ1v) is 7.37. The minimum atomic E-state index is -0.141. The third-order valence-corrected chi connectivity index (χ3v) is 4.11. The molecule has 4 nitrogen and oxygen atoms in total. The van der Waals surface area contributed by atoms with Crippen molar-refractivity contribution < 1.29 is 4.79 Å². The lowest BCUT2D eigenvalue weighted by molar-refractivity contribution is 0.249. The molecule has 1 aliphatic rings. The summed E-state index contributed by atoms with van der Waals surface area (Å²) in [6, 6.07) is 7.00. The first-order valence-electron chi connectivity index (χ1n) is 6.22. The molecular weight excluding hydrogens is 246 g/mol. The topological polar surface area (TPSA) is 67.1 Å². The van der Waals surface area contributed by atoms with Gasteiger partial charge in [-0.25, -0.2) is 4.79 Å². The second kappa shape index (κ2) is 6.54. The summed E-state index contributed by atoms with van der Waals surface area (Å²) in [6.45, 7) is 0.765. The second-order valence-corrected chi connectivity index (χ2v) is 5.74. The number of anilines is 2. The molecule has 98 valence electrons. The van der Waals surface area contributed by atoms with Gasteiger partial charge in [0.1, 0.15) is 0 Å². The average molecular weight is 265 g/mol. The van der Waals surface area contributed by atoms with E-state index in [9.17, 15) is 4.79 Å². The highest BCUT2D eigenvalue weighted by molar-refractivity contribution is 7.99. The summed E-state index contributed by atoms with van der Waals surface area (Å²) >= 11 is 2.00. The van der Waals surface area contributed by atoms with Gasteiger partial charge in [-0.15, -0.1) is 0 Å². The summed E-state index contributed by atoms with van der Waals surface area (Å²) < 4.78 is 0. The Balaban J connectivity index is 1.73. The second-order valence-electron chi connectivity index (χ2n) is 4.51. The maximum absolute atomic E-state index is 11.7. The molecule has 5 heteroatoms. The minimum absolute atomic E-state index is 0.141. The van der Waals surface area contributed by atoms with E-state index < -0.39 is 0 Å². The molecule has 0 radical (unpaired) electrons. The van der Waals surface area contributed by atoms with E-state index in [0.29, 0.717) is 11.6 Å². The number of carbonyl (C=O) groups excluding carboxylic acids is 1. The molecule has 1 fully saturated rings. The van der Waals surface area contributed by atoms with E-state index in [0.717, 1.165) is 12.2 Å². The quantitative estimate of drug-likeness (QED) is 0.736. The van der Waals surface area contributed by atoms with Gasteiger partial charge in [-0.3, -0.25) is 0 Å². The monoisotopic (exact) mass is 265 g/mol. The number of thioether (sulfide) groups is 1. The van der Waals surface area contributed by atoms with Gasteiger partial charge in [0.15, 0.2) is 0 Å². The van der Waals surface area contributed by atoms with Crippen LogP contribution in [0, 0.1) is 5.92 Å². The lowest BCUT2D eigenvalue weighted by Crippen LogP contribution is -2.34. The molecule has 1 aromatic carbocycles. The fraction of sp³-hybridized carbons (Fsp3) is 0.462. The van der Waals surface area contributed by atoms with Gasteiger partial charge in [0.05, 0.1) is 0 Å². The van der Waals surface area contributed by atoms with Crippen LogP contribution in [0.4, 0.5) is 16.2 Å². The average Bonchev–Trinajstić information content (AvgIpc) is 2.40. The van der Waals surface area contributed by atoms with Crippen molar-refractivity contribution in [2.75, 3.05) is 29.1 Å². The van der Waals surface area contributed by atoms with Crippen LogP contribution in [0.15, 0.2) is 24.3 Å². The van der Waals surface area contributed by atoms with Crippen molar-refractivity contribution in [2.45, 2.75) is 12.8 Å². The summed E-state index contributed by atoms with van der Waals surface area (Å²) in [6.07, 6.45) is 2.40. The number of nitrogen functional groups attached to an aromatic ring is 1. The van der Waals surface area contributed by atoms with E-state index in [1.807, 2.05) is 11.8 Å². The lowest BCUT2D eigenvalue weighted by Gasteiger charge is -2.21. The van der Waals surface area contributed by atoms with E-state index in [2.05, 4.69) is 10.6 Å². The van der Waals surface area contributed by atoms with Gasteiger partial charge < -0.3 is 16.4 Å². The van der Waals surface area contributed by atoms with Crippen molar-refractivity contribution >= 4 is 29.2 Å². The predicted molar refractivity (Wildman–Crippen MR) is 77.9 cm³/mol. The highest BCUT2D eigenvalue weighted by atomic mass is 32.2. The molecule has 2 rings (SSSR count). The van der Waals surface area contributed by atoms with Gasteiger partial charge in [0, 0.05) is 17.9 Å². The van der Waals surface area contributed by atoms with Gasteiger partial charge >= 0.3 is 6.03 Å². The molecule has 0 spiro atoms. The van der Waals surface area contributed by atoms with E-state index in [1.54, 1.807) is 24.3 Å². The SMILES string of the molecule is Nc1ccc(NC(=O)NCC2CCSCC2)cc1. The van der Waals surface area contributed by atoms with Gasteiger partial charge in [0.25, 0.3) is 0 Å². The molecule has 0 aromatic heterocycles. The summed E-state index contributed by atoms with van der Waals surface area (Å²) in [5, 5.41) is 5.72. The highest BCUT2D eigenvalue weighted by Crippen LogP contribution is 2.21. The fourth-order valence-corrected chi connectivity index (χ4v) is 3.13. The maximum atomic E-state index is 11.7. The van der Waals surface area contributed by atoms with Crippen LogP contribution in [0.1, 0.15) is 12.8 Å². The van der Waals surface area contributed by atoms with Crippen molar-refractivity contribution in [3.63, 3.8) is 0 Å².